The van der Waals surface area contributed by atoms with Gasteiger partial charge in [-0.2, -0.15) is 0 Å². The van der Waals surface area contributed by atoms with E-state index >= 15 is 0 Å². The molecule has 32 valence electrons. The molecule has 0 heterocycles. The first kappa shape index (κ1) is 8.82. The van der Waals surface area contributed by atoms with Crippen LogP contribution in [0.15, 0.2) is 12.7 Å². The molecule has 0 atom stereocenters. The van der Waals surface area contributed by atoms with Gasteiger partial charge in [0.2, 0.25) is 0 Å². The van der Waals surface area contributed by atoms with E-state index in [1.165, 1.54) is 0 Å². The second-order valence-electron chi connectivity index (χ2n) is 0.252. The van der Waals surface area contributed by atoms with Crippen molar-refractivity contribution >= 4 is 0 Å². The maximum absolute atomic E-state index is 10.2. The van der Waals surface area contributed by atoms with Crippen molar-refractivity contribution in [3.63, 3.8) is 0 Å². The summed E-state index contributed by atoms with van der Waals surface area (Å²) in [5.74, 6) is 0. The lowest BCUT2D eigenvalue weighted by Crippen LogP contribution is -1.18. The van der Waals surface area contributed by atoms with Crippen LogP contribution in [0.5, 0.6) is 0 Å². The second-order valence-corrected chi connectivity index (χ2v) is 0.252. The van der Waals surface area contributed by atoms with Gasteiger partial charge in [0, 0.05) is 0 Å². The van der Waals surface area contributed by atoms with Crippen LogP contribution in [0.2, 0.25) is 0 Å². The summed E-state index contributed by atoms with van der Waals surface area (Å²) in [6.07, 6.45) is -0.333. The van der Waals surface area contributed by atoms with Gasteiger partial charge >= 0.3 is 0 Å². The van der Waals surface area contributed by atoms with Gasteiger partial charge in [0.25, 0.3) is 0 Å². The minimum atomic E-state index is -0.167. The van der Waals surface area contributed by atoms with Gasteiger partial charge in [-0.05, 0) is 0 Å². The van der Waals surface area contributed by atoms with E-state index < -0.39 is 0 Å². The molecule has 0 saturated heterocycles. The van der Waals surface area contributed by atoms with Crippen molar-refractivity contribution < 1.29 is 14.3 Å². The first-order valence-electron chi connectivity index (χ1n) is 0.770. The van der Waals surface area contributed by atoms with Crippen LogP contribution in [-0.4, -0.2) is 5.48 Å². The summed E-state index contributed by atoms with van der Waals surface area (Å²) in [5.41, 5.74) is 0. The Hall–Kier alpha value is -0.440. The predicted molar refractivity (Wildman–Crippen MR) is 15.0 cm³/mol. The van der Waals surface area contributed by atoms with Gasteiger partial charge in [0.1, 0.15) is 12.7 Å². The molecule has 0 aromatic carbocycles. The van der Waals surface area contributed by atoms with Crippen molar-refractivity contribution in [2.24, 2.45) is 0 Å². The van der Waals surface area contributed by atoms with Crippen molar-refractivity contribution in [1.29, 1.82) is 0 Å². The lowest BCUT2D eigenvalue weighted by Gasteiger charge is -1.42. The standard InChI is InChI=1S/C2H2F2.H2O/c3-1-2-4;/h1-2H;1H2. The highest BCUT2D eigenvalue weighted by Crippen LogP contribution is 1.67. The zero-order valence-electron chi connectivity index (χ0n) is 2.41. The fraction of sp³-hybridized carbons (Fsp3) is 0. The van der Waals surface area contributed by atoms with Gasteiger partial charge < -0.3 is 5.48 Å². The van der Waals surface area contributed by atoms with Gasteiger partial charge in [-0.1, -0.05) is 0 Å². The second kappa shape index (κ2) is 9.59. The van der Waals surface area contributed by atoms with Crippen LogP contribution >= 0.6 is 0 Å². The number of hydrogen-bond acceptors (Lipinski definition) is 0. The molecule has 0 radical (unpaired) electrons. The largest absolute Gasteiger partial charge is 0.412 e. The van der Waals surface area contributed by atoms with E-state index in [0.29, 0.717) is 0 Å². The fourth-order valence-electron chi connectivity index (χ4n) is 0. The molecule has 3 heteroatoms. The van der Waals surface area contributed by atoms with E-state index in [2.05, 4.69) is 0 Å². The van der Waals surface area contributed by atoms with Crippen LogP contribution < -0.4 is 0 Å². The molecule has 0 bridgehead atoms. The van der Waals surface area contributed by atoms with Crippen LogP contribution in [0.4, 0.5) is 8.78 Å². The summed E-state index contributed by atoms with van der Waals surface area (Å²) in [7, 11) is 0. The Kier molecular flexibility index (Phi) is 16.9. The van der Waals surface area contributed by atoms with Crippen molar-refractivity contribution in [2.45, 2.75) is 0 Å². The Bertz CT molecular complexity index is 22.8. The van der Waals surface area contributed by atoms with Crippen molar-refractivity contribution in [2.75, 3.05) is 0 Å². The monoisotopic (exact) mass is 82.0 g/mol. The average Bonchev–Trinajstić information content (AvgIpc) is 1.37. The topological polar surface area (TPSA) is 31.5 Å². The first-order valence-corrected chi connectivity index (χ1v) is 0.770. The molecule has 0 spiro atoms. The minimum absolute atomic E-state index is 0. The van der Waals surface area contributed by atoms with E-state index in [0.717, 1.165) is 0 Å². The molecule has 0 aliphatic rings. The van der Waals surface area contributed by atoms with Gasteiger partial charge in [0.05, 0.1) is 0 Å². The van der Waals surface area contributed by atoms with E-state index in [1.807, 2.05) is 0 Å². The van der Waals surface area contributed by atoms with Crippen molar-refractivity contribution in [3.05, 3.63) is 12.7 Å². The van der Waals surface area contributed by atoms with E-state index in [9.17, 15) is 8.78 Å². The molecule has 0 aliphatic heterocycles. The fourth-order valence-corrected chi connectivity index (χ4v) is 0. The van der Waals surface area contributed by atoms with Crippen LogP contribution in [-0.2, 0) is 0 Å². The van der Waals surface area contributed by atoms with Crippen LogP contribution in [0.25, 0.3) is 0 Å². The molecule has 0 aromatic rings. The molecule has 0 amide bonds. The summed E-state index contributed by atoms with van der Waals surface area (Å²) < 4.78 is 20.3. The summed E-state index contributed by atoms with van der Waals surface area (Å²) in [6, 6.07) is 0. The summed E-state index contributed by atoms with van der Waals surface area (Å²) in [6.45, 7) is 0. The zero-order valence-corrected chi connectivity index (χ0v) is 2.41. The maximum Gasteiger partial charge on any atom is 0.115 e. The zero-order chi connectivity index (χ0) is 3.41. The lowest BCUT2D eigenvalue weighted by atomic mass is 11.2. The van der Waals surface area contributed by atoms with Crippen LogP contribution in [0, 0.1) is 0 Å². The third-order valence-corrected chi connectivity index (χ3v) is 0.0476. The smallest absolute Gasteiger partial charge is 0.115 e. The molecule has 2 N–H and O–H groups in total. The molecule has 0 saturated carbocycles. The molecule has 0 rings (SSSR count). The quantitative estimate of drug-likeness (QED) is 0.409. The van der Waals surface area contributed by atoms with Gasteiger partial charge in [-0.25, -0.2) is 8.78 Å². The van der Waals surface area contributed by atoms with Crippen molar-refractivity contribution in [1.82, 2.24) is 0 Å². The average molecular weight is 82.0 g/mol. The maximum atomic E-state index is 10.2. The lowest BCUT2D eigenvalue weighted by molar-refractivity contribution is 0.645. The third-order valence-electron chi connectivity index (χ3n) is 0.0476. The molecule has 5 heavy (non-hydrogen) atoms. The Balaban J connectivity index is 0. The molecular formula is C2H4F2O. The Morgan fingerprint density at radius 2 is 1.20 bits per heavy atom. The van der Waals surface area contributed by atoms with Crippen LogP contribution in [0.3, 0.4) is 0 Å². The van der Waals surface area contributed by atoms with Crippen molar-refractivity contribution in [3.8, 4) is 0 Å². The third kappa shape index (κ3) is 27.6. The SMILES string of the molecule is FC=CF.O. The highest BCUT2D eigenvalue weighted by atomic mass is 19.2. The van der Waals surface area contributed by atoms with E-state index in [4.69, 9.17) is 0 Å². The number of rotatable bonds is 0. The molecule has 1 nitrogen and oxygen atoms in total. The molecular weight excluding hydrogens is 78.0 g/mol. The summed E-state index contributed by atoms with van der Waals surface area (Å²) in [4.78, 5) is 0. The number of halogens is 2. The molecule has 0 aromatic heterocycles. The minimum Gasteiger partial charge on any atom is -0.412 e. The molecule has 0 aliphatic carbocycles. The van der Waals surface area contributed by atoms with E-state index in [1.54, 1.807) is 0 Å². The van der Waals surface area contributed by atoms with Crippen LogP contribution in [0.1, 0.15) is 0 Å². The summed E-state index contributed by atoms with van der Waals surface area (Å²) in [5, 5.41) is 0. The Morgan fingerprint density at radius 3 is 1.20 bits per heavy atom. The predicted octanol–water partition coefficient (Wildman–Crippen LogP) is 0.572. The van der Waals surface area contributed by atoms with Gasteiger partial charge in [-0.15, -0.1) is 0 Å². The molecule has 0 unspecified atom stereocenters. The Morgan fingerprint density at radius 1 is 1.00 bits per heavy atom. The normalized spacial score (nSPS) is 7.60. The highest BCUT2D eigenvalue weighted by Gasteiger charge is 1.43. The summed E-state index contributed by atoms with van der Waals surface area (Å²) >= 11 is 0. The number of hydrogen-bond donors (Lipinski definition) is 0. The highest BCUT2D eigenvalue weighted by molar-refractivity contribution is 4.51. The van der Waals surface area contributed by atoms with Gasteiger partial charge in [-0.3, -0.25) is 0 Å². The Labute approximate surface area is 28.2 Å². The first-order chi connectivity index (χ1) is 1.91. The van der Waals surface area contributed by atoms with Gasteiger partial charge in [0.15, 0.2) is 0 Å². The van der Waals surface area contributed by atoms with E-state index in [-0.39, 0.29) is 18.1 Å². The molecule has 0 fully saturated rings.